The third kappa shape index (κ3) is 4.72. The predicted octanol–water partition coefficient (Wildman–Crippen LogP) is 3.88. The number of allylic oxidation sites excluding steroid dienone is 1. The van der Waals surface area contributed by atoms with Crippen LogP contribution in [0, 0.1) is 11.8 Å². The van der Waals surface area contributed by atoms with Crippen molar-refractivity contribution in [3.8, 4) is 11.8 Å². The zero-order valence-corrected chi connectivity index (χ0v) is 16.0. The van der Waals surface area contributed by atoms with E-state index in [-0.39, 0.29) is 6.09 Å². The van der Waals surface area contributed by atoms with Crippen molar-refractivity contribution >= 4 is 17.7 Å². The van der Waals surface area contributed by atoms with Gasteiger partial charge in [0, 0.05) is 36.5 Å². The summed E-state index contributed by atoms with van der Waals surface area (Å²) in [5, 5.41) is 0.660. The molecule has 1 aromatic carbocycles. The molecule has 1 aromatic rings. The van der Waals surface area contributed by atoms with Crippen LogP contribution in [0.5, 0.6) is 0 Å². The van der Waals surface area contributed by atoms with Crippen LogP contribution >= 0.6 is 11.6 Å². The minimum Gasteiger partial charge on any atom is -0.444 e. The fourth-order valence-corrected chi connectivity index (χ4v) is 3.08. The van der Waals surface area contributed by atoms with E-state index in [1.54, 1.807) is 4.90 Å². The van der Waals surface area contributed by atoms with Gasteiger partial charge < -0.3 is 9.64 Å². The summed E-state index contributed by atoms with van der Waals surface area (Å²) < 4.78 is 5.43. The maximum absolute atomic E-state index is 12.2. The highest BCUT2D eigenvalue weighted by Crippen LogP contribution is 2.32. The van der Waals surface area contributed by atoms with E-state index in [0.29, 0.717) is 31.0 Å². The Bertz CT molecular complexity index is 778. The minimum atomic E-state index is -0.485. The molecule has 0 radical (unpaired) electrons. The Morgan fingerprint density at radius 1 is 1.31 bits per heavy atom. The number of nitrogens with zero attached hydrogens (tertiary/aromatic N) is 1. The van der Waals surface area contributed by atoms with Gasteiger partial charge in [0.05, 0.1) is 0 Å². The molecule has 5 nitrogen and oxygen atoms in total. The van der Waals surface area contributed by atoms with Gasteiger partial charge in [0.25, 0.3) is 0 Å². The van der Waals surface area contributed by atoms with E-state index in [0.717, 1.165) is 11.3 Å². The smallest absolute Gasteiger partial charge is 0.410 e. The Hall–Kier alpha value is -2.16. The molecule has 0 saturated carbocycles. The Labute approximate surface area is 159 Å². The maximum Gasteiger partial charge on any atom is 0.410 e. The Kier molecular flexibility index (Phi) is 5.17. The molecule has 1 N–H and O–H groups in total. The largest absolute Gasteiger partial charge is 0.444 e. The van der Waals surface area contributed by atoms with Crippen molar-refractivity contribution in [1.82, 2.24) is 10.4 Å². The zero-order valence-electron chi connectivity index (χ0n) is 15.3. The average Bonchev–Trinajstić information content (AvgIpc) is 2.95. The second-order valence-corrected chi connectivity index (χ2v) is 7.99. The van der Waals surface area contributed by atoms with E-state index in [1.807, 2.05) is 51.1 Å². The van der Waals surface area contributed by atoms with Crippen molar-refractivity contribution < 1.29 is 14.4 Å². The van der Waals surface area contributed by atoms with E-state index in [2.05, 4.69) is 17.3 Å². The molecule has 1 saturated heterocycles. The first-order chi connectivity index (χ1) is 12.2. The summed E-state index contributed by atoms with van der Waals surface area (Å²) in [4.78, 5) is 19.7. The second-order valence-electron chi connectivity index (χ2n) is 7.55. The van der Waals surface area contributed by atoms with Crippen LogP contribution in [-0.4, -0.2) is 35.3 Å². The van der Waals surface area contributed by atoms with Crippen LogP contribution in [0.3, 0.4) is 0 Å². The third-order valence-electron chi connectivity index (χ3n) is 4.20. The molecule has 26 heavy (non-hydrogen) atoms. The van der Waals surface area contributed by atoms with Crippen LogP contribution in [-0.2, 0) is 9.57 Å². The number of ether oxygens (including phenoxy) is 1. The first-order valence-electron chi connectivity index (χ1n) is 8.67. The minimum absolute atomic E-state index is 0.275. The van der Waals surface area contributed by atoms with Gasteiger partial charge in [0.2, 0.25) is 0 Å². The van der Waals surface area contributed by atoms with Gasteiger partial charge in [-0.15, -0.1) is 0 Å². The average molecular weight is 375 g/mol. The fourth-order valence-electron chi connectivity index (χ4n) is 2.89. The van der Waals surface area contributed by atoms with E-state index < -0.39 is 11.2 Å². The molecule has 0 aromatic heterocycles. The van der Waals surface area contributed by atoms with Gasteiger partial charge in [0.15, 0.2) is 0 Å². The van der Waals surface area contributed by atoms with Gasteiger partial charge in [0.1, 0.15) is 16.9 Å². The van der Waals surface area contributed by atoms with E-state index in [9.17, 15) is 4.79 Å². The first kappa shape index (κ1) is 18.6. The summed E-state index contributed by atoms with van der Waals surface area (Å²) in [5.41, 5.74) is 3.58. The van der Waals surface area contributed by atoms with Gasteiger partial charge in [-0.25, -0.2) is 4.79 Å². The summed E-state index contributed by atoms with van der Waals surface area (Å²) >= 11 is 5.97. The van der Waals surface area contributed by atoms with Crippen LogP contribution in [0.15, 0.2) is 36.0 Å². The lowest BCUT2D eigenvalue weighted by Gasteiger charge is -2.37. The van der Waals surface area contributed by atoms with E-state index in [4.69, 9.17) is 21.2 Å². The van der Waals surface area contributed by atoms with E-state index >= 15 is 0 Å². The number of likely N-dealkylation sites (tertiary alicyclic amines) is 1. The number of piperidine rings is 1. The molecular weight excluding hydrogens is 352 g/mol. The van der Waals surface area contributed by atoms with Gasteiger partial charge in [-0.2, -0.15) is 0 Å². The molecule has 3 rings (SSSR count). The van der Waals surface area contributed by atoms with Crippen molar-refractivity contribution in [2.75, 3.05) is 13.1 Å². The first-order valence-corrected chi connectivity index (χ1v) is 9.05. The van der Waals surface area contributed by atoms with Crippen molar-refractivity contribution in [2.45, 2.75) is 44.8 Å². The summed E-state index contributed by atoms with van der Waals surface area (Å²) in [6.45, 7) is 6.78. The highest BCUT2D eigenvalue weighted by molar-refractivity contribution is 6.30. The molecule has 6 heteroatoms. The number of carbonyl (C=O) groups is 1. The van der Waals surface area contributed by atoms with Crippen LogP contribution in [0.2, 0.25) is 5.02 Å². The number of halogens is 1. The second kappa shape index (κ2) is 7.22. The zero-order chi connectivity index (χ0) is 18.8. The molecule has 0 atom stereocenters. The lowest BCUT2D eigenvalue weighted by Crippen LogP contribution is -2.48. The topological polar surface area (TPSA) is 50.8 Å². The third-order valence-corrected chi connectivity index (χ3v) is 4.43. The molecule has 0 aliphatic carbocycles. The number of hydrogen-bond acceptors (Lipinski definition) is 4. The number of rotatable bonds is 0. The number of amides is 1. The highest BCUT2D eigenvalue weighted by atomic mass is 35.5. The summed E-state index contributed by atoms with van der Waals surface area (Å²) in [6, 6.07) is 7.41. The molecule has 2 aliphatic rings. The van der Waals surface area contributed by atoms with Crippen LogP contribution in [0.25, 0.3) is 0 Å². The summed E-state index contributed by atoms with van der Waals surface area (Å²) in [5.74, 6) is 6.15. The lowest BCUT2D eigenvalue weighted by molar-refractivity contribution is -0.0740. The number of hydroxylamine groups is 1. The number of benzene rings is 1. The summed E-state index contributed by atoms with van der Waals surface area (Å²) in [6.07, 6.45) is 3.13. The molecule has 1 spiro atoms. The monoisotopic (exact) mass is 374 g/mol. The summed E-state index contributed by atoms with van der Waals surface area (Å²) in [7, 11) is 0. The molecule has 2 aliphatic heterocycles. The van der Waals surface area contributed by atoms with Crippen LogP contribution < -0.4 is 5.48 Å². The number of nitrogens with one attached hydrogen (secondary N) is 1. The highest BCUT2D eigenvalue weighted by Gasteiger charge is 2.40. The molecule has 1 fully saturated rings. The Balaban J connectivity index is 1.61. The van der Waals surface area contributed by atoms with Gasteiger partial charge >= 0.3 is 6.09 Å². The van der Waals surface area contributed by atoms with Crippen molar-refractivity contribution in [3.05, 3.63) is 46.6 Å². The molecule has 0 unspecified atom stereocenters. The standard InChI is InChI=1S/C20H23ClN2O3/c1-19(2,3)25-18(24)23-11-9-20(10-12-23)14-17(22-26-20)8-7-15-5-4-6-16(21)13-15/h4-6,13-14,22H,9-12H2,1-3H3. The predicted molar refractivity (Wildman–Crippen MR) is 100 cm³/mol. The normalized spacial score (nSPS) is 18.6. The van der Waals surface area contributed by atoms with Crippen molar-refractivity contribution in [1.29, 1.82) is 0 Å². The van der Waals surface area contributed by atoms with Crippen LogP contribution in [0.1, 0.15) is 39.2 Å². The van der Waals surface area contributed by atoms with Gasteiger partial charge in [-0.3, -0.25) is 10.3 Å². The van der Waals surface area contributed by atoms with Crippen molar-refractivity contribution in [2.24, 2.45) is 0 Å². The van der Waals surface area contributed by atoms with Gasteiger partial charge in [-0.1, -0.05) is 23.6 Å². The van der Waals surface area contributed by atoms with Crippen molar-refractivity contribution in [3.63, 3.8) is 0 Å². The molecule has 0 bridgehead atoms. The van der Waals surface area contributed by atoms with Crippen LogP contribution in [0.4, 0.5) is 4.79 Å². The lowest BCUT2D eigenvalue weighted by atomic mass is 9.91. The fraction of sp³-hybridized carbons (Fsp3) is 0.450. The quantitative estimate of drug-likeness (QED) is 0.700. The van der Waals surface area contributed by atoms with E-state index in [1.165, 1.54) is 0 Å². The Morgan fingerprint density at radius 3 is 2.69 bits per heavy atom. The molecule has 138 valence electrons. The SMILES string of the molecule is CC(C)(C)OC(=O)N1CCC2(C=C(C#Cc3cccc(Cl)c3)NO2)CC1. The maximum atomic E-state index is 12.2. The molecule has 1 amide bonds. The Morgan fingerprint density at radius 2 is 2.04 bits per heavy atom. The number of carbonyl (C=O) groups excluding carboxylic acids is 1. The molecule has 2 heterocycles. The molecular formula is C20H23ClN2O3. The number of hydrogen-bond donors (Lipinski definition) is 1. The van der Waals surface area contributed by atoms with Gasteiger partial charge in [-0.05, 0) is 51.0 Å².